The molecule has 4 aromatic carbocycles. The van der Waals surface area contributed by atoms with Crippen LogP contribution in [0.3, 0.4) is 0 Å². The van der Waals surface area contributed by atoms with Crippen molar-refractivity contribution in [3.05, 3.63) is 125 Å². The lowest BCUT2D eigenvalue weighted by molar-refractivity contribution is 0.404. The smallest absolute Gasteiger partial charge is 0.126 e. The second-order valence-electron chi connectivity index (χ2n) is 8.66. The minimum absolute atomic E-state index is 0.369. The molecule has 1 aliphatic rings. The van der Waals surface area contributed by atoms with Gasteiger partial charge in [0.1, 0.15) is 11.6 Å². The van der Waals surface area contributed by atoms with Crippen LogP contribution in [0.2, 0.25) is 0 Å². The number of rotatable bonds is 6. The highest BCUT2D eigenvalue weighted by molar-refractivity contribution is 6.00. The Labute approximate surface area is 195 Å². The van der Waals surface area contributed by atoms with Crippen LogP contribution in [-0.4, -0.2) is 12.9 Å². The minimum Gasteiger partial charge on any atom is -0.497 e. The molecule has 0 fully saturated rings. The van der Waals surface area contributed by atoms with Gasteiger partial charge in [0.05, 0.1) is 12.6 Å². The van der Waals surface area contributed by atoms with Crippen LogP contribution in [0.4, 0.5) is 0 Å². The summed E-state index contributed by atoms with van der Waals surface area (Å²) < 4.78 is 5.41. The summed E-state index contributed by atoms with van der Waals surface area (Å²) in [6.07, 6.45) is 2.64. The molecule has 1 aliphatic heterocycles. The van der Waals surface area contributed by atoms with Crippen molar-refractivity contribution in [1.82, 2.24) is 0 Å². The van der Waals surface area contributed by atoms with Gasteiger partial charge in [0.25, 0.3) is 0 Å². The molecule has 164 valence electrons. The lowest BCUT2D eigenvalue weighted by Gasteiger charge is -2.35. The molecule has 0 aromatic heterocycles. The normalized spacial score (nSPS) is 17.2. The molecule has 4 aromatic rings. The van der Waals surface area contributed by atoms with Crippen LogP contribution >= 0.6 is 0 Å². The zero-order valence-corrected chi connectivity index (χ0v) is 18.9. The van der Waals surface area contributed by atoms with E-state index in [9.17, 15) is 0 Å². The van der Waals surface area contributed by atoms with Gasteiger partial charge >= 0.3 is 0 Å². The van der Waals surface area contributed by atoms with Crippen LogP contribution in [0.5, 0.6) is 5.75 Å². The summed E-state index contributed by atoms with van der Waals surface area (Å²) in [6.45, 7) is 0. The van der Waals surface area contributed by atoms with Crippen molar-refractivity contribution < 1.29 is 4.74 Å². The van der Waals surface area contributed by atoms with E-state index in [1.807, 2.05) is 18.2 Å². The van der Waals surface area contributed by atoms with E-state index in [0.717, 1.165) is 36.1 Å². The first-order chi connectivity index (χ1) is 16.2. The third-order valence-corrected chi connectivity index (χ3v) is 6.58. The zero-order chi connectivity index (χ0) is 22.7. The average Bonchev–Trinajstić information content (AvgIpc) is 2.88. The minimum atomic E-state index is -0.369. The summed E-state index contributed by atoms with van der Waals surface area (Å²) in [5.41, 5.74) is 13.3. The van der Waals surface area contributed by atoms with Gasteiger partial charge in [-0.1, -0.05) is 91.0 Å². The van der Waals surface area contributed by atoms with Crippen molar-refractivity contribution >= 4 is 5.84 Å². The molecule has 2 N–H and O–H groups in total. The fourth-order valence-corrected chi connectivity index (χ4v) is 4.83. The molecule has 0 radical (unpaired) electrons. The van der Waals surface area contributed by atoms with E-state index in [-0.39, 0.29) is 5.54 Å². The van der Waals surface area contributed by atoms with E-state index in [2.05, 4.69) is 84.9 Å². The quantitative estimate of drug-likeness (QED) is 0.397. The topological polar surface area (TPSA) is 47.6 Å². The van der Waals surface area contributed by atoms with E-state index >= 15 is 0 Å². The zero-order valence-electron chi connectivity index (χ0n) is 18.9. The first-order valence-electron chi connectivity index (χ1n) is 11.4. The predicted molar refractivity (Wildman–Crippen MR) is 136 cm³/mol. The molecule has 0 aliphatic carbocycles. The Balaban J connectivity index is 1.47. The molecule has 1 unspecified atom stereocenters. The van der Waals surface area contributed by atoms with Gasteiger partial charge in [-0.15, -0.1) is 0 Å². The summed E-state index contributed by atoms with van der Waals surface area (Å²) in [7, 11) is 1.70. The van der Waals surface area contributed by atoms with Crippen LogP contribution < -0.4 is 10.5 Å². The van der Waals surface area contributed by atoms with Crippen molar-refractivity contribution in [3.63, 3.8) is 0 Å². The Morgan fingerprint density at radius 1 is 0.818 bits per heavy atom. The summed E-state index contributed by atoms with van der Waals surface area (Å²) in [6, 6.07) is 35.9. The van der Waals surface area contributed by atoms with Crippen LogP contribution in [0.1, 0.15) is 28.7 Å². The first-order valence-corrected chi connectivity index (χ1v) is 11.4. The molecule has 0 bridgehead atoms. The molecular formula is C30H28N2O. The van der Waals surface area contributed by atoms with Crippen LogP contribution in [0.15, 0.2) is 108 Å². The third kappa shape index (κ3) is 4.27. The Bertz CT molecular complexity index is 1300. The number of nitrogens with zero attached hydrogens (tertiary/aromatic N) is 1. The Morgan fingerprint density at radius 2 is 1.55 bits per heavy atom. The first kappa shape index (κ1) is 21.0. The molecule has 0 saturated carbocycles. The molecule has 0 saturated heterocycles. The van der Waals surface area contributed by atoms with E-state index in [1.54, 1.807) is 7.11 Å². The summed E-state index contributed by atoms with van der Waals surface area (Å²) in [5, 5.41) is 0. The fourth-order valence-electron chi connectivity index (χ4n) is 4.83. The van der Waals surface area contributed by atoms with Gasteiger partial charge < -0.3 is 10.5 Å². The number of ether oxygens (including phenoxy) is 1. The summed E-state index contributed by atoms with van der Waals surface area (Å²) in [5.74, 6) is 1.50. The Kier molecular flexibility index (Phi) is 5.70. The number of aryl methyl sites for hydroxylation is 1. The van der Waals surface area contributed by atoms with E-state index < -0.39 is 0 Å². The highest BCUT2D eigenvalue weighted by atomic mass is 16.5. The van der Waals surface area contributed by atoms with Gasteiger partial charge in [0, 0.05) is 12.0 Å². The summed E-state index contributed by atoms with van der Waals surface area (Å²) in [4.78, 5) is 5.12. The molecule has 33 heavy (non-hydrogen) atoms. The highest BCUT2D eigenvalue weighted by Crippen LogP contribution is 2.39. The standard InChI is InChI=1S/C30H28N2O/c1-33-27-15-8-12-24(20-27)23-11-7-9-22(19-23)17-18-30(26-13-3-2-4-14-26)21-25-10-5-6-16-28(25)29(31)32-30/h2-16,19-20H,17-18,21H2,1H3,(H2,31,32). The predicted octanol–water partition coefficient (Wildman–Crippen LogP) is 6.15. The fraction of sp³-hybridized carbons (Fsp3) is 0.167. The lowest BCUT2D eigenvalue weighted by Crippen LogP contribution is -2.36. The van der Waals surface area contributed by atoms with Crippen LogP contribution in [-0.2, 0) is 18.4 Å². The molecular weight excluding hydrogens is 404 g/mol. The van der Waals surface area contributed by atoms with Gasteiger partial charge in [-0.2, -0.15) is 0 Å². The molecule has 3 nitrogen and oxygen atoms in total. The number of methoxy groups -OCH3 is 1. The van der Waals surface area contributed by atoms with Crippen LogP contribution in [0.25, 0.3) is 11.1 Å². The van der Waals surface area contributed by atoms with Gasteiger partial charge in [-0.05, 0) is 52.8 Å². The van der Waals surface area contributed by atoms with Crippen molar-refractivity contribution in [2.24, 2.45) is 10.7 Å². The van der Waals surface area contributed by atoms with Crippen molar-refractivity contribution in [2.75, 3.05) is 7.11 Å². The molecule has 1 atom stereocenters. The summed E-state index contributed by atoms with van der Waals surface area (Å²) >= 11 is 0. The number of aliphatic imine (C=N–C) groups is 1. The second kappa shape index (κ2) is 8.95. The largest absolute Gasteiger partial charge is 0.497 e. The molecule has 0 spiro atoms. The van der Waals surface area contributed by atoms with Gasteiger partial charge in [-0.25, -0.2) is 0 Å². The van der Waals surface area contributed by atoms with Crippen molar-refractivity contribution in [3.8, 4) is 16.9 Å². The number of fused-ring (bicyclic) bond motifs is 1. The maximum absolute atomic E-state index is 6.49. The Morgan fingerprint density at radius 3 is 2.36 bits per heavy atom. The number of hydrogen-bond donors (Lipinski definition) is 1. The lowest BCUT2D eigenvalue weighted by atomic mass is 9.77. The van der Waals surface area contributed by atoms with E-state index in [4.69, 9.17) is 15.5 Å². The SMILES string of the molecule is COc1cccc(-c2cccc(CCC3(c4ccccc4)Cc4ccccc4C(N)=N3)c2)c1. The molecule has 5 rings (SSSR count). The number of nitrogens with two attached hydrogens (primary N) is 1. The maximum atomic E-state index is 6.49. The van der Waals surface area contributed by atoms with Gasteiger partial charge in [-0.3, -0.25) is 4.99 Å². The second-order valence-corrected chi connectivity index (χ2v) is 8.66. The van der Waals surface area contributed by atoms with Crippen molar-refractivity contribution in [1.29, 1.82) is 0 Å². The number of amidine groups is 1. The highest BCUT2D eigenvalue weighted by Gasteiger charge is 2.36. The number of benzene rings is 4. The molecule has 3 heteroatoms. The third-order valence-electron chi connectivity index (χ3n) is 6.58. The van der Waals surface area contributed by atoms with Gasteiger partial charge in [0.15, 0.2) is 0 Å². The monoisotopic (exact) mass is 432 g/mol. The van der Waals surface area contributed by atoms with Crippen molar-refractivity contribution in [2.45, 2.75) is 24.8 Å². The Hall–Kier alpha value is -3.85. The number of hydrogen-bond acceptors (Lipinski definition) is 3. The van der Waals surface area contributed by atoms with E-state index in [0.29, 0.717) is 5.84 Å². The maximum Gasteiger partial charge on any atom is 0.126 e. The van der Waals surface area contributed by atoms with Crippen LogP contribution in [0, 0.1) is 0 Å². The average molecular weight is 433 g/mol. The van der Waals surface area contributed by atoms with E-state index in [1.165, 1.54) is 22.3 Å². The van der Waals surface area contributed by atoms with Gasteiger partial charge in [0.2, 0.25) is 0 Å². The molecule has 0 amide bonds. The molecule has 1 heterocycles.